The smallest absolute Gasteiger partial charge is 0.246 e. The van der Waals surface area contributed by atoms with E-state index in [-0.39, 0.29) is 29.9 Å². The van der Waals surface area contributed by atoms with Crippen LogP contribution in [0.4, 0.5) is 10.1 Å². The SMILES string of the molecule is COC1CCN(S(=O)(=O)c2cc(N)cc(Cl)c2F)C1. The molecule has 2 N–H and O–H groups in total. The van der Waals surface area contributed by atoms with Crippen LogP contribution in [-0.4, -0.2) is 39.0 Å². The number of nitrogens with zero attached hydrogens (tertiary/aromatic N) is 1. The van der Waals surface area contributed by atoms with Crippen LogP contribution in [-0.2, 0) is 14.8 Å². The number of sulfonamides is 1. The van der Waals surface area contributed by atoms with Crippen molar-refractivity contribution < 1.29 is 17.5 Å². The van der Waals surface area contributed by atoms with Crippen LogP contribution in [0.3, 0.4) is 0 Å². The van der Waals surface area contributed by atoms with E-state index in [4.69, 9.17) is 22.1 Å². The quantitative estimate of drug-likeness (QED) is 0.858. The first-order chi connectivity index (χ1) is 8.86. The van der Waals surface area contributed by atoms with Crippen molar-refractivity contribution in [3.8, 4) is 0 Å². The van der Waals surface area contributed by atoms with Gasteiger partial charge in [0.05, 0.1) is 11.1 Å². The third-order valence-electron chi connectivity index (χ3n) is 3.08. The Balaban J connectivity index is 2.41. The van der Waals surface area contributed by atoms with Crippen LogP contribution in [0.1, 0.15) is 6.42 Å². The third-order valence-corrected chi connectivity index (χ3v) is 5.22. The number of methoxy groups -OCH3 is 1. The van der Waals surface area contributed by atoms with Crippen LogP contribution in [0.2, 0.25) is 5.02 Å². The zero-order chi connectivity index (χ0) is 14.2. The number of halogens is 2. The first kappa shape index (κ1) is 14.5. The highest BCUT2D eigenvalue weighted by Crippen LogP contribution is 2.29. The molecule has 0 bridgehead atoms. The van der Waals surface area contributed by atoms with Crippen LogP contribution in [0.15, 0.2) is 17.0 Å². The molecule has 1 saturated heterocycles. The van der Waals surface area contributed by atoms with Crippen molar-refractivity contribution in [1.29, 1.82) is 0 Å². The summed E-state index contributed by atoms with van der Waals surface area (Å²) in [6.45, 7) is 0.484. The Morgan fingerprint density at radius 3 is 2.79 bits per heavy atom. The molecule has 0 spiro atoms. The molecule has 0 radical (unpaired) electrons. The van der Waals surface area contributed by atoms with Crippen molar-refractivity contribution in [3.05, 3.63) is 23.0 Å². The van der Waals surface area contributed by atoms with Gasteiger partial charge in [0.25, 0.3) is 0 Å². The van der Waals surface area contributed by atoms with Crippen LogP contribution in [0.5, 0.6) is 0 Å². The van der Waals surface area contributed by atoms with Crippen LogP contribution in [0, 0.1) is 5.82 Å². The summed E-state index contributed by atoms with van der Waals surface area (Å²) in [5.41, 5.74) is 5.62. The molecule has 1 unspecified atom stereocenters. The number of rotatable bonds is 3. The second-order valence-electron chi connectivity index (χ2n) is 4.32. The molecule has 1 fully saturated rings. The molecule has 19 heavy (non-hydrogen) atoms. The van der Waals surface area contributed by atoms with E-state index in [1.165, 1.54) is 17.5 Å². The molecule has 0 saturated carbocycles. The van der Waals surface area contributed by atoms with Crippen molar-refractivity contribution in [2.45, 2.75) is 17.4 Å². The fraction of sp³-hybridized carbons (Fsp3) is 0.455. The Bertz CT molecular complexity index is 594. The molecule has 1 aliphatic heterocycles. The summed E-state index contributed by atoms with van der Waals surface area (Å²) >= 11 is 5.63. The maximum absolute atomic E-state index is 13.9. The number of anilines is 1. The summed E-state index contributed by atoms with van der Waals surface area (Å²) in [4.78, 5) is -0.491. The number of hydrogen-bond donors (Lipinski definition) is 1. The lowest BCUT2D eigenvalue weighted by molar-refractivity contribution is 0.115. The van der Waals surface area contributed by atoms with Gasteiger partial charge >= 0.3 is 0 Å². The van der Waals surface area contributed by atoms with Crippen molar-refractivity contribution in [2.75, 3.05) is 25.9 Å². The van der Waals surface area contributed by atoms with E-state index < -0.39 is 20.7 Å². The van der Waals surface area contributed by atoms with Gasteiger partial charge in [-0.15, -0.1) is 0 Å². The zero-order valence-electron chi connectivity index (χ0n) is 10.3. The van der Waals surface area contributed by atoms with Gasteiger partial charge in [0.2, 0.25) is 10.0 Å². The van der Waals surface area contributed by atoms with Crippen LogP contribution >= 0.6 is 11.6 Å². The number of nitrogens with two attached hydrogens (primary N) is 1. The molecular weight excluding hydrogens is 295 g/mol. The van der Waals surface area contributed by atoms with Crippen molar-refractivity contribution >= 4 is 27.3 Å². The van der Waals surface area contributed by atoms with Gasteiger partial charge in [-0.3, -0.25) is 0 Å². The molecular formula is C11H14ClFN2O3S. The number of ether oxygens (including phenoxy) is 1. The second kappa shape index (κ2) is 5.24. The highest BCUT2D eigenvalue weighted by Gasteiger charge is 2.34. The predicted molar refractivity (Wildman–Crippen MR) is 70.0 cm³/mol. The number of benzene rings is 1. The second-order valence-corrected chi connectivity index (χ2v) is 6.64. The monoisotopic (exact) mass is 308 g/mol. The van der Waals surface area contributed by atoms with Gasteiger partial charge < -0.3 is 10.5 Å². The Labute approximate surface area is 116 Å². The Morgan fingerprint density at radius 1 is 1.53 bits per heavy atom. The van der Waals surface area contributed by atoms with Crippen molar-refractivity contribution in [3.63, 3.8) is 0 Å². The average Bonchev–Trinajstić information content (AvgIpc) is 2.83. The first-order valence-corrected chi connectivity index (χ1v) is 7.45. The standard InChI is InChI=1S/C11H14ClFN2O3S/c1-18-8-2-3-15(6-8)19(16,17)10-5-7(14)4-9(12)11(10)13/h4-5,8H,2-3,6,14H2,1H3. The highest BCUT2D eigenvalue weighted by atomic mass is 35.5. The van der Waals surface area contributed by atoms with Gasteiger partial charge in [0.1, 0.15) is 4.90 Å². The molecule has 1 aromatic rings. The summed E-state index contributed by atoms with van der Waals surface area (Å²) in [7, 11) is -2.43. The summed E-state index contributed by atoms with van der Waals surface area (Å²) < 4.78 is 44.8. The van der Waals surface area contributed by atoms with Gasteiger partial charge in [0.15, 0.2) is 5.82 Å². The topological polar surface area (TPSA) is 72.6 Å². The molecule has 8 heteroatoms. The van der Waals surface area contributed by atoms with Gasteiger partial charge in [-0.05, 0) is 18.6 Å². The highest BCUT2D eigenvalue weighted by molar-refractivity contribution is 7.89. The maximum atomic E-state index is 13.9. The minimum absolute atomic E-state index is 0.104. The fourth-order valence-electron chi connectivity index (χ4n) is 2.02. The van der Waals surface area contributed by atoms with Crippen LogP contribution < -0.4 is 5.73 Å². The number of hydrogen-bond acceptors (Lipinski definition) is 4. The molecule has 1 atom stereocenters. The minimum Gasteiger partial charge on any atom is -0.399 e. The molecule has 0 amide bonds. The zero-order valence-corrected chi connectivity index (χ0v) is 11.8. The minimum atomic E-state index is -3.94. The lowest BCUT2D eigenvalue weighted by Crippen LogP contribution is -2.30. The third kappa shape index (κ3) is 2.69. The van der Waals surface area contributed by atoms with Crippen molar-refractivity contribution in [2.24, 2.45) is 0 Å². The molecule has 106 valence electrons. The van der Waals surface area contributed by atoms with Gasteiger partial charge in [0, 0.05) is 25.9 Å². The predicted octanol–water partition coefficient (Wildman–Crippen LogP) is 1.47. The van der Waals surface area contributed by atoms with E-state index in [1.807, 2.05) is 0 Å². The summed E-state index contributed by atoms with van der Waals surface area (Å²) in [6, 6.07) is 2.26. The lowest BCUT2D eigenvalue weighted by Gasteiger charge is -2.17. The van der Waals surface area contributed by atoms with E-state index >= 15 is 0 Å². The van der Waals surface area contributed by atoms with Crippen molar-refractivity contribution in [1.82, 2.24) is 4.31 Å². The van der Waals surface area contributed by atoms with E-state index in [1.54, 1.807) is 0 Å². The fourth-order valence-corrected chi connectivity index (χ4v) is 3.91. The summed E-state index contributed by atoms with van der Waals surface area (Å²) in [5, 5.41) is -0.305. The largest absolute Gasteiger partial charge is 0.399 e. The van der Waals surface area contributed by atoms with Gasteiger partial charge in [-0.1, -0.05) is 11.6 Å². The van der Waals surface area contributed by atoms with E-state index in [0.717, 1.165) is 6.07 Å². The van der Waals surface area contributed by atoms with E-state index in [2.05, 4.69) is 0 Å². The average molecular weight is 309 g/mol. The Hall–Kier alpha value is -0.890. The molecule has 1 aliphatic rings. The summed E-state index contributed by atoms with van der Waals surface area (Å²) in [6.07, 6.45) is 0.405. The van der Waals surface area contributed by atoms with E-state index in [0.29, 0.717) is 6.42 Å². The molecule has 2 rings (SSSR count). The Kier molecular flexibility index (Phi) is 4.00. The molecule has 1 heterocycles. The number of nitrogen functional groups attached to an aromatic ring is 1. The van der Waals surface area contributed by atoms with E-state index in [9.17, 15) is 12.8 Å². The molecule has 0 aromatic heterocycles. The first-order valence-electron chi connectivity index (χ1n) is 5.63. The van der Waals surface area contributed by atoms with Gasteiger partial charge in [-0.2, -0.15) is 4.31 Å². The molecule has 5 nitrogen and oxygen atoms in total. The maximum Gasteiger partial charge on any atom is 0.246 e. The lowest BCUT2D eigenvalue weighted by atomic mass is 10.3. The molecule has 1 aromatic carbocycles. The Morgan fingerprint density at radius 2 is 2.21 bits per heavy atom. The normalized spacial score (nSPS) is 20.9. The molecule has 0 aliphatic carbocycles. The van der Waals surface area contributed by atoms with Gasteiger partial charge in [-0.25, -0.2) is 12.8 Å². The summed E-state index contributed by atoms with van der Waals surface area (Å²) in [5.74, 6) is -0.975. The van der Waals surface area contributed by atoms with Crippen LogP contribution in [0.25, 0.3) is 0 Å².